The number of piperidine rings is 1. The molecule has 4 rings (SSSR count). The summed E-state index contributed by atoms with van der Waals surface area (Å²) in [5.74, 6) is 0.789. The third kappa shape index (κ3) is 5.09. The Bertz CT molecular complexity index is 1190. The van der Waals surface area contributed by atoms with Crippen molar-refractivity contribution >= 4 is 10.0 Å². The molecule has 2 heterocycles. The van der Waals surface area contributed by atoms with Gasteiger partial charge in [-0.1, -0.05) is 0 Å². The topological polar surface area (TPSA) is 99.4 Å². The zero-order chi connectivity index (χ0) is 23.6. The van der Waals surface area contributed by atoms with Crippen molar-refractivity contribution in [2.24, 2.45) is 0 Å². The van der Waals surface area contributed by atoms with Crippen molar-refractivity contribution < 1.29 is 31.1 Å². The number of halogens is 3. The Labute approximate surface area is 187 Å². The van der Waals surface area contributed by atoms with Gasteiger partial charge in [0.1, 0.15) is 11.5 Å². The number of hydrogen-bond donors (Lipinski definition) is 0. The molecule has 13 heteroatoms. The second-order valence-corrected chi connectivity index (χ2v) is 9.28. The first kappa shape index (κ1) is 23.0. The number of aromatic nitrogens is 4. The van der Waals surface area contributed by atoms with E-state index in [1.54, 1.807) is 23.9 Å². The number of tetrazole rings is 1. The average Bonchev–Trinajstić information content (AvgIpc) is 3.28. The minimum Gasteiger partial charge on any atom is -0.497 e. The fourth-order valence-electron chi connectivity index (χ4n) is 3.67. The molecule has 0 N–H and O–H groups in total. The van der Waals surface area contributed by atoms with Crippen LogP contribution in [-0.4, -0.2) is 59.5 Å². The normalized spacial score (nSPS) is 16.0. The van der Waals surface area contributed by atoms with Crippen LogP contribution in [0.3, 0.4) is 0 Å². The molecule has 9 nitrogen and oxygen atoms in total. The van der Waals surface area contributed by atoms with E-state index in [2.05, 4.69) is 20.3 Å². The summed E-state index contributed by atoms with van der Waals surface area (Å²) in [6, 6.07) is 11.4. The third-order valence-electron chi connectivity index (χ3n) is 5.32. The maximum absolute atomic E-state index is 12.9. The zero-order valence-electron chi connectivity index (χ0n) is 17.4. The Morgan fingerprint density at radius 2 is 1.58 bits per heavy atom. The summed E-state index contributed by atoms with van der Waals surface area (Å²) in [6.45, 7) is 0.451. The van der Waals surface area contributed by atoms with Gasteiger partial charge < -0.3 is 9.47 Å². The Morgan fingerprint density at radius 3 is 2.15 bits per heavy atom. The van der Waals surface area contributed by atoms with Crippen LogP contribution in [0.15, 0.2) is 53.4 Å². The molecule has 0 radical (unpaired) electrons. The Hall–Kier alpha value is -3.19. The molecule has 0 bridgehead atoms. The minimum atomic E-state index is -4.84. The molecule has 0 aliphatic carbocycles. The highest BCUT2D eigenvalue weighted by Gasteiger charge is 2.33. The summed E-state index contributed by atoms with van der Waals surface area (Å²) >= 11 is 0. The Morgan fingerprint density at radius 1 is 0.970 bits per heavy atom. The van der Waals surface area contributed by atoms with Crippen LogP contribution in [0, 0.1) is 0 Å². The summed E-state index contributed by atoms with van der Waals surface area (Å²) in [5.41, 5.74) is 0.756. The van der Waals surface area contributed by atoms with Crippen LogP contribution in [0.25, 0.3) is 5.69 Å². The van der Waals surface area contributed by atoms with E-state index in [4.69, 9.17) is 4.74 Å². The fraction of sp³-hybridized carbons (Fsp3) is 0.350. The van der Waals surface area contributed by atoms with Gasteiger partial charge in [0.2, 0.25) is 10.0 Å². The molecule has 1 aromatic heterocycles. The molecule has 0 spiro atoms. The lowest BCUT2D eigenvalue weighted by Gasteiger charge is -2.30. The predicted octanol–water partition coefficient (Wildman–Crippen LogP) is 3.14. The van der Waals surface area contributed by atoms with Gasteiger partial charge in [0.05, 0.1) is 17.7 Å². The summed E-state index contributed by atoms with van der Waals surface area (Å²) in [7, 11) is -2.29. The van der Waals surface area contributed by atoms with Crippen molar-refractivity contribution in [3.05, 3.63) is 54.4 Å². The number of hydrogen-bond acceptors (Lipinski definition) is 7. The lowest BCUT2D eigenvalue weighted by Crippen LogP contribution is -2.38. The summed E-state index contributed by atoms with van der Waals surface area (Å²) in [4.78, 5) is -0.0986. The van der Waals surface area contributed by atoms with Gasteiger partial charge in [-0.25, -0.2) is 8.42 Å². The van der Waals surface area contributed by atoms with Crippen molar-refractivity contribution in [2.45, 2.75) is 30.0 Å². The maximum atomic E-state index is 12.9. The Kier molecular flexibility index (Phi) is 6.26. The molecular formula is C20H20F3N5O4S. The number of alkyl halides is 3. The second-order valence-electron chi connectivity index (χ2n) is 7.34. The molecule has 176 valence electrons. The maximum Gasteiger partial charge on any atom is 0.573 e. The van der Waals surface area contributed by atoms with Gasteiger partial charge in [-0.15, -0.1) is 18.3 Å². The highest BCUT2D eigenvalue weighted by Crippen LogP contribution is 2.31. The SMILES string of the molecule is COc1ccc(-n2nnnc2C2CCN(S(=O)(=O)c3ccc(OC(F)(F)F)cc3)CC2)cc1. The molecular weight excluding hydrogens is 463 g/mol. The first-order chi connectivity index (χ1) is 15.7. The predicted molar refractivity (Wildman–Crippen MR) is 110 cm³/mol. The number of rotatable bonds is 6. The van der Waals surface area contributed by atoms with Gasteiger partial charge in [-0.05, 0) is 71.8 Å². The van der Waals surface area contributed by atoms with Gasteiger partial charge in [-0.2, -0.15) is 8.99 Å². The highest BCUT2D eigenvalue weighted by atomic mass is 32.2. The number of nitrogens with zero attached hydrogens (tertiary/aromatic N) is 5. The molecule has 1 fully saturated rings. The number of benzene rings is 2. The Balaban J connectivity index is 1.44. The second kappa shape index (κ2) is 8.98. The van der Waals surface area contributed by atoms with Crippen LogP contribution in [0.4, 0.5) is 13.2 Å². The van der Waals surface area contributed by atoms with Gasteiger partial charge >= 0.3 is 6.36 Å². The third-order valence-corrected chi connectivity index (χ3v) is 7.24. The van der Waals surface area contributed by atoms with Crippen LogP contribution in [0.2, 0.25) is 0 Å². The quantitative estimate of drug-likeness (QED) is 0.531. The van der Waals surface area contributed by atoms with E-state index in [9.17, 15) is 21.6 Å². The minimum absolute atomic E-state index is 0.0592. The van der Waals surface area contributed by atoms with Crippen molar-refractivity contribution in [2.75, 3.05) is 20.2 Å². The largest absolute Gasteiger partial charge is 0.573 e. The van der Waals surface area contributed by atoms with E-state index in [0.717, 1.165) is 30.0 Å². The van der Waals surface area contributed by atoms with E-state index in [1.165, 1.54) is 4.31 Å². The highest BCUT2D eigenvalue weighted by molar-refractivity contribution is 7.89. The first-order valence-corrected chi connectivity index (χ1v) is 11.4. The van der Waals surface area contributed by atoms with Crippen molar-refractivity contribution in [1.82, 2.24) is 24.5 Å². The van der Waals surface area contributed by atoms with E-state index < -0.39 is 22.1 Å². The summed E-state index contributed by atoms with van der Waals surface area (Å²) in [6.07, 6.45) is -3.86. The first-order valence-electron chi connectivity index (χ1n) is 9.96. The van der Waals surface area contributed by atoms with Crippen LogP contribution in [0.5, 0.6) is 11.5 Å². The van der Waals surface area contributed by atoms with Gasteiger partial charge in [0.25, 0.3) is 0 Å². The van der Waals surface area contributed by atoms with Crippen LogP contribution < -0.4 is 9.47 Å². The molecule has 0 saturated carbocycles. The van der Waals surface area contributed by atoms with Crippen LogP contribution in [0.1, 0.15) is 24.6 Å². The van der Waals surface area contributed by atoms with E-state index in [-0.39, 0.29) is 23.9 Å². The molecule has 0 unspecified atom stereocenters. The standard InChI is InChI=1S/C20H20F3N5O4S/c1-31-16-4-2-15(3-5-16)28-19(24-25-26-28)14-10-12-27(13-11-14)33(29,30)18-8-6-17(7-9-18)32-20(21,22)23/h2-9,14H,10-13H2,1H3. The zero-order valence-corrected chi connectivity index (χ0v) is 18.3. The van der Waals surface area contributed by atoms with Crippen molar-refractivity contribution in [3.8, 4) is 17.2 Å². The molecule has 3 aromatic rings. The lowest BCUT2D eigenvalue weighted by molar-refractivity contribution is -0.274. The summed E-state index contributed by atoms with van der Waals surface area (Å²) in [5, 5.41) is 12.0. The molecule has 2 aromatic carbocycles. The van der Waals surface area contributed by atoms with E-state index in [1.807, 2.05) is 12.1 Å². The average molecular weight is 483 g/mol. The van der Waals surface area contributed by atoms with Gasteiger partial charge in [0, 0.05) is 19.0 Å². The van der Waals surface area contributed by atoms with Gasteiger partial charge in [-0.3, -0.25) is 0 Å². The monoisotopic (exact) mass is 483 g/mol. The molecule has 1 aliphatic heterocycles. The van der Waals surface area contributed by atoms with E-state index >= 15 is 0 Å². The molecule has 0 amide bonds. The summed E-state index contributed by atoms with van der Waals surface area (Å²) < 4.78 is 74.7. The van der Waals surface area contributed by atoms with Gasteiger partial charge in [0.15, 0.2) is 5.82 Å². The van der Waals surface area contributed by atoms with Crippen LogP contribution in [-0.2, 0) is 10.0 Å². The molecule has 1 aliphatic rings. The van der Waals surface area contributed by atoms with Crippen molar-refractivity contribution in [3.63, 3.8) is 0 Å². The lowest BCUT2D eigenvalue weighted by atomic mass is 9.97. The smallest absolute Gasteiger partial charge is 0.497 e. The molecule has 1 saturated heterocycles. The van der Waals surface area contributed by atoms with E-state index in [0.29, 0.717) is 24.4 Å². The molecule has 33 heavy (non-hydrogen) atoms. The number of sulfonamides is 1. The number of methoxy groups -OCH3 is 1. The number of ether oxygens (including phenoxy) is 2. The fourth-order valence-corrected chi connectivity index (χ4v) is 5.14. The van der Waals surface area contributed by atoms with Crippen molar-refractivity contribution in [1.29, 1.82) is 0 Å². The molecule has 0 atom stereocenters. The van der Waals surface area contributed by atoms with Crippen LogP contribution >= 0.6 is 0 Å².